The maximum absolute atomic E-state index is 11.0. The van der Waals surface area contributed by atoms with Crippen molar-refractivity contribution in [2.45, 2.75) is 0 Å². The molecule has 0 spiro atoms. The van der Waals surface area contributed by atoms with Crippen LogP contribution in [0.2, 0.25) is 0 Å². The fraction of sp³-hybridized carbons (Fsp3) is 0. The molecule has 68 valence electrons. The number of pyridine rings is 1. The smallest absolute Gasteiger partial charge is 0.289 e. The molecule has 13 heavy (non-hydrogen) atoms. The number of carbonyl (C=O) groups excluding carboxylic acids is 1. The molecule has 1 heterocycles. The average molecular weight is 180 g/mol. The lowest BCUT2D eigenvalue weighted by molar-refractivity contribution is -0.114. The highest BCUT2D eigenvalue weighted by atomic mass is 16.4. The van der Waals surface area contributed by atoms with Gasteiger partial charge in [-0.15, -0.1) is 0 Å². The second kappa shape index (κ2) is 4.17. The Bertz CT molecular complexity index is 323. The van der Waals surface area contributed by atoms with Crippen molar-refractivity contribution in [1.29, 1.82) is 0 Å². The van der Waals surface area contributed by atoms with Crippen LogP contribution in [0.15, 0.2) is 29.6 Å². The molecule has 1 rings (SSSR count). The molecule has 0 aliphatic carbocycles. The fourth-order valence-corrected chi connectivity index (χ4v) is 0.784. The molecule has 1 amide bonds. The zero-order chi connectivity index (χ0) is 9.68. The number of rotatable bonds is 2. The van der Waals surface area contributed by atoms with Crippen molar-refractivity contribution in [2.75, 3.05) is 0 Å². The Morgan fingerprint density at radius 2 is 2.38 bits per heavy atom. The zero-order valence-electron chi connectivity index (χ0n) is 6.64. The van der Waals surface area contributed by atoms with Crippen LogP contribution in [0.5, 0.6) is 0 Å². The number of amides is 1. The third-order valence-electron chi connectivity index (χ3n) is 1.35. The lowest BCUT2D eigenvalue weighted by Crippen LogP contribution is -2.37. The zero-order valence-corrected chi connectivity index (χ0v) is 6.64. The Morgan fingerprint density at radius 3 is 2.85 bits per heavy atom. The molecule has 6 nitrogen and oxygen atoms in total. The van der Waals surface area contributed by atoms with Gasteiger partial charge in [0, 0.05) is 6.20 Å². The summed E-state index contributed by atoms with van der Waals surface area (Å²) in [7, 11) is 0. The van der Waals surface area contributed by atoms with Gasteiger partial charge in [0.2, 0.25) is 0 Å². The summed E-state index contributed by atoms with van der Waals surface area (Å²) in [6.07, 6.45) is 1.48. The van der Waals surface area contributed by atoms with Crippen molar-refractivity contribution < 1.29 is 10.0 Å². The van der Waals surface area contributed by atoms with Gasteiger partial charge >= 0.3 is 0 Å². The molecule has 0 saturated carbocycles. The standard InChI is InChI=1S/C7H8N4O2/c8-10-7(12)6(11-13)5-3-1-2-4-9-5/h1-4,13H,8H2,(H,10,12)/b11-6+. The SMILES string of the molecule is NNC(=O)/C(=N/O)c1ccccn1. The molecular weight excluding hydrogens is 172 g/mol. The normalized spacial score (nSPS) is 11.0. The molecule has 0 unspecified atom stereocenters. The third-order valence-corrected chi connectivity index (χ3v) is 1.35. The molecular formula is C7H8N4O2. The number of hydrogen-bond acceptors (Lipinski definition) is 5. The summed E-state index contributed by atoms with van der Waals surface area (Å²) < 4.78 is 0. The van der Waals surface area contributed by atoms with Gasteiger partial charge in [-0.3, -0.25) is 15.2 Å². The van der Waals surface area contributed by atoms with E-state index in [-0.39, 0.29) is 11.4 Å². The van der Waals surface area contributed by atoms with Crippen molar-refractivity contribution >= 4 is 11.6 Å². The first-order valence-corrected chi connectivity index (χ1v) is 3.44. The minimum atomic E-state index is -0.693. The summed E-state index contributed by atoms with van der Waals surface area (Å²) in [5.74, 6) is 4.17. The molecule has 0 fully saturated rings. The molecule has 0 saturated heterocycles. The number of hydrogen-bond donors (Lipinski definition) is 3. The second-order valence-corrected chi connectivity index (χ2v) is 2.14. The molecule has 0 bridgehead atoms. The Hall–Kier alpha value is -1.95. The van der Waals surface area contributed by atoms with Crippen molar-refractivity contribution in [3.63, 3.8) is 0 Å². The van der Waals surface area contributed by atoms with Crippen molar-refractivity contribution in [2.24, 2.45) is 11.0 Å². The molecule has 0 aromatic carbocycles. The second-order valence-electron chi connectivity index (χ2n) is 2.14. The topological polar surface area (TPSA) is 101 Å². The summed E-state index contributed by atoms with van der Waals surface area (Å²) in [4.78, 5) is 14.8. The monoisotopic (exact) mass is 180 g/mol. The van der Waals surface area contributed by atoms with Crippen LogP contribution in [0.3, 0.4) is 0 Å². The molecule has 0 atom stereocenters. The van der Waals surface area contributed by atoms with E-state index in [9.17, 15) is 4.79 Å². The summed E-state index contributed by atoms with van der Waals surface area (Å²) in [6, 6.07) is 4.88. The van der Waals surface area contributed by atoms with Gasteiger partial charge in [0.05, 0.1) is 5.69 Å². The molecule has 6 heteroatoms. The minimum Gasteiger partial charge on any atom is -0.410 e. The maximum Gasteiger partial charge on any atom is 0.289 e. The van der Waals surface area contributed by atoms with Crippen LogP contribution >= 0.6 is 0 Å². The Labute approximate surface area is 74.0 Å². The van der Waals surface area contributed by atoms with Gasteiger partial charge in [-0.1, -0.05) is 11.2 Å². The van der Waals surface area contributed by atoms with Crippen LogP contribution in [-0.2, 0) is 4.79 Å². The Kier molecular flexibility index (Phi) is 2.93. The summed E-state index contributed by atoms with van der Waals surface area (Å²) in [5, 5.41) is 11.3. The molecule has 0 aliphatic heterocycles. The largest absolute Gasteiger partial charge is 0.410 e. The predicted octanol–water partition coefficient (Wildman–Crippen LogP) is -0.750. The van der Waals surface area contributed by atoms with Gasteiger partial charge in [0.1, 0.15) is 0 Å². The number of nitrogens with zero attached hydrogens (tertiary/aromatic N) is 2. The first-order chi connectivity index (χ1) is 6.29. The first kappa shape index (κ1) is 9.14. The molecule has 0 radical (unpaired) electrons. The molecule has 1 aromatic heterocycles. The quantitative estimate of drug-likeness (QED) is 0.183. The lowest BCUT2D eigenvalue weighted by atomic mass is 10.2. The molecule has 1 aromatic rings. The van der Waals surface area contributed by atoms with E-state index in [2.05, 4.69) is 10.1 Å². The van der Waals surface area contributed by atoms with E-state index in [0.717, 1.165) is 0 Å². The number of oxime groups is 1. The summed E-state index contributed by atoms with van der Waals surface area (Å²) in [6.45, 7) is 0. The van der Waals surface area contributed by atoms with Gasteiger partial charge in [0.25, 0.3) is 5.91 Å². The van der Waals surface area contributed by atoms with E-state index >= 15 is 0 Å². The fourth-order valence-electron chi connectivity index (χ4n) is 0.784. The van der Waals surface area contributed by atoms with E-state index in [0.29, 0.717) is 0 Å². The highest BCUT2D eigenvalue weighted by Crippen LogP contribution is 1.95. The minimum absolute atomic E-state index is 0.219. The predicted molar refractivity (Wildman–Crippen MR) is 44.9 cm³/mol. The van der Waals surface area contributed by atoms with Gasteiger partial charge in [0.15, 0.2) is 5.71 Å². The number of hydrazine groups is 1. The highest BCUT2D eigenvalue weighted by Gasteiger charge is 2.13. The van der Waals surface area contributed by atoms with Crippen LogP contribution in [-0.4, -0.2) is 21.8 Å². The number of aromatic nitrogens is 1. The van der Waals surface area contributed by atoms with Crippen LogP contribution in [0.1, 0.15) is 5.69 Å². The van der Waals surface area contributed by atoms with Gasteiger partial charge < -0.3 is 5.21 Å². The molecule has 0 aliphatic rings. The van der Waals surface area contributed by atoms with Gasteiger partial charge in [-0.25, -0.2) is 5.84 Å². The van der Waals surface area contributed by atoms with Gasteiger partial charge in [-0.2, -0.15) is 0 Å². The van der Waals surface area contributed by atoms with E-state index in [1.165, 1.54) is 12.3 Å². The highest BCUT2D eigenvalue weighted by molar-refractivity contribution is 6.44. The van der Waals surface area contributed by atoms with Crippen LogP contribution in [0.4, 0.5) is 0 Å². The summed E-state index contributed by atoms with van der Waals surface area (Å²) >= 11 is 0. The lowest BCUT2D eigenvalue weighted by Gasteiger charge is -2.00. The number of nitrogens with one attached hydrogen (secondary N) is 1. The third kappa shape index (κ3) is 2.00. The molecule has 4 N–H and O–H groups in total. The van der Waals surface area contributed by atoms with Crippen molar-refractivity contribution in [3.8, 4) is 0 Å². The van der Waals surface area contributed by atoms with E-state index < -0.39 is 5.91 Å². The van der Waals surface area contributed by atoms with Crippen molar-refractivity contribution in [1.82, 2.24) is 10.4 Å². The number of carbonyl (C=O) groups is 1. The van der Waals surface area contributed by atoms with E-state index in [4.69, 9.17) is 11.0 Å². The Morgan fingerprint density at radius 1 is 1.62 bits per heavy atom. The average Bonchev–Trinajstić information content (AvgIpc) is 2.20. The van der Waals surface area contributed by atoms with Gasteiger partial charge in [-0.05, 0) is 12.1 Å². The maximum atomic E-state index is 11.0. The van der Waals surface area contributed by atoms with Crippen LogP contribution in [0, 0.1) is 0 Å². The Balaban J connectivity index is 3.00. The number of nitrogens with two attached hydrogens (primary N) is 1. The van der Waals surface area contributed by atoms with Crippen molar-refractivity contribution in [3.05, 3.63) is 30.1 Å². The summed E-state index contributed by atoms with van der Waals surface area (Å²) in [5.41, 5.74) is 1.88. The van der Waals surface area contributed by atoms with Crippen LogP contribution < -0.4 is 11.3 Å². The van der Waals surface area contributed by atoms with Crippen LogP contribution in [0.25, 0.3) is 0 Å². The first-order valence-electron chi connectivity index (χ1n) is 3.44. The van der Waals surface area contributed by atoms with E-state index in [1.807, 2.05) is 5.43 Å². The van der Waals surface area contributed by atoms with E-state index in [1.54, 1.807) is 12.1 Å².